The molecule has 60 heavy (non-hydrogen) atoms. The van der Waals surface area contributed by atoms with Gasteiger partial charge in [-0.2, -0.15) is 0 Å². The Morgan fingerprint density at radius 3 is 1.30 bits per heavy atom. The van der Waals surface area contributed by atoms with E-state index in [1.54, 1.807) is 0 Å². The van der Waals surface area contributed by atoms with Crippen LogP contribution in [0, 0.1) is 0 Å². The smallest absolute Gasteiger partial charge is 0.306 e. The molecular weight excluding hydrogens is 761 g/mol. The van der Waals surface area contributed by atoms with Crippen LogP contribution in [0.3, 0.4) is 0 Å². The second-order valence-electron chi connectivity index (χ2n) is 17.6. The Morgan fingerprint density at radius 2 is 0.883 bits per heavy atom. The Kier molecular flexibility index (Phi) is 39.0. The van der Waals surface area contributed by atoms with Gasteiger partial charge in [-0.05, 0) is 38.5 Å². The predicted molar refractivity (Wildman–Crippen MR) is 243 cm³/mol. The van der Waals surface area contributed by atoms with Crippen molar-refractivity contribution in [2.75, 3.05) is 19.8 Å². The van der Waals surface area contributed by atoms with E-state index in [1.807, 2.05) is 0 Å². The largest absolute Gasteiger partial charge is 0.462 e. The van der Waals surface area contributed by atoms with Crippen LogP contribution in [0.15, 0.2) is 12.2 Å². The molecule has 0 aromatic heterocycles. The second-order valence-corrected chi connectivity index (χ2v) is 17.6. The van der Waals surface area contributed by atoms with Crippen molar-refractivity contribution in [3.8, 4) is 0 Å². The van der Waals surface area contributed by atoms with Gasteiger partial charge in [0.05, 0.1) is 13.2 Å². The van der Waals surface area contributed by atoms with Gasteiger partial charge in [-0.1, -0.05) is 199 Å². The monoisotopic (exact) mass is 855 g/mol. The average molecular weight is 855 g/mol. The molecule has 10 nitrogen and oxygen atoms in total. The fraction of sp³-hybridized carbons (Fsp3) is 0.920. The molecular formula is C50H94O10. The van der Waals surface area contributed by atoms with Crippen molar-refractivity contribution in [1.82, 2.24) is 0 Å². The van der Waals surface area contributed by atoms with Gasteiger partial charge in [-0.25, -0.2) is 0 Å². The number of aliphatic hydroxyl groups excluding tert-OH is 4. The van der Waals surface area contributed by atoms with E-state index in [1.165, 1.54) is 161 Å². The molecule has 4 N–H and O–H groups in total. The van der Waals surface area contributed by atoms with E-state index in [0.29, 0.717) is 6.42 Å². The molecule has 0 aliphatic carbocycles. The number of unbranched alkanes of at least 4 members (excludes halogenated alkanes) is 30. The van der Waals surface area contributed by atoms with Crippen molar-refractivity contribution >= 4 is 11.9 Å². The maximum Gasteiger partial charge on any atom is 0.306 e. The van der Waals surface area contributed by atoms with Gasteiger partial charge in [-0.15, -0.1) is 0 Å². The Bertz CT molecular complexity index is 990. The quantitative estimate of drug-likeness (QED) is 0.0265. The zero-order valence-electron chi connectivity index (χ0n) is 38.7. The number of ether oxygens (including phenoxy) is 4. The highest BCUT2D eigenvalue weighted by molar-refractivity contribution is 5.70. The van der Waals surface area contributed by atoms with Crippen LogP contribution in [0.5, 0.6) is 0 Å². The summed E-state index contributed by atoms with van der Waals surface area (Å²) < 4.78 is 22.2. The van der Waals surface area contributed by atoms with Crippen LogP contribution in [0.2, 0.25) is 0 Å². The van der Waals surface area contributed by atoms with Crippen molar-refractivity contribution < 1.29 is 49.0 Å². The number of aliphatic hydroxyl groups is 4. The van der Waals surface area contributed by atoms with Gasteiger partial charge in [0.1, 0.15) is 31.0 Å². The average Bonchev–Trinajstić information content (AvgIpc) is 3.25. The van der Waals surface area contributed by atoms with E-state index in [4.69, 9.17) is 18.9 Å². The van der Waals surface area contributed by atoms with Gasteiger partial charge < -0.3 is 39.4 Å². The van der Waals surface area contributed by atoms with Crippen LogP contribution in [0.1, 0.15) is 239 Å². The highest BCUT2D eigenvalue weighted by atomic mass is 16.7. The Balaban J connectivity index is 2.26. The Labute approximate surface area is 367 Å². The first-order valence-electron chi connectivity index (χ1n) is 25.3. The lowest BCUT2D eigenvalue weighted by Crippen LogP contribution is -2.59. The highest BCUT2D eigenvalue weighted by Gasteiger charge is 2.44. The zero-order chi connectivity index (χ0) is 43.7. The summed E-state index contributed by atoms with van der Waals surface area (Å²) in [6.07, 6.45) is 37.9. The molecule has 0 radical (unpaired) electrons. The summed E-state index contributed by atoms with van der Waals surface area (Å²) >= 11 is 0. The Morgan fingerprint density at radius 1 is 0.500 bits per heavy atom. The molecule has 1 aliphatic heterocycles. The van der Waals surface area contributed by atoms with Crippen LogP contribution in [0.25, 0.3) is 0 Å². The summed E-state index contributed by atoms with van der Waals surface area (Å²) in [6.45, 7) is 3.46. The third-order valence-corrected chi connectivity index (χ3v) is 11.9. The lowest BCUT2D eigenvalue weighted by atomic mass is 9.99. The number of rotatable bonds is 43. The van der Waals surface area contributed by atoms with E-state index >= 15 is 0 Å². The predicted octanol–water partition coefficient (Wildman–Crippen LogP) is 11.5. The van der Waals surface area contributed by atoms with Gasteiger partial charge in [0.25, 0.3) is 0 Å². The molecule has 1 rings (SSSR count). The van der Waals surface area contributed by atoms with Gasteiger partial charge in [0.15, 0.2) is 12.4 Å². The van der Waals surface area contributed by atoms with E-state index < -0.39 is 49.4 Å². The van der Waals surface area contributed by atoms with Crippen molar-refractivity contribution in [2.45, 2.75) is 275 Å². The minimum absolute atomic E-state index is 0.213. The topological polar surface area (TPSA) is 152 Å². The van der Waals surface area contributed by atoms with E-state index in [2.05, 4.69) is 26.0 Å². The van der Waals surface area contributed by atoms with Gasteiger partial charge >= 0.3 is 11.9 Å². The van der Waals surface area contributed by atoms with Gasteiger partial charge in [-0.3, -0.25) is 9.59 Å². The summed E-state index contributed by atoms with van der Waals surface area (Å²) in [4.78, 5) is 25.4. The molecule has 0 aromatic rings. The van der Waals surface area contributed by atoms with Crippen LogP contribution in [0.4, 0.5) is 0 Å². The van der Waals surface area contributed by atoms with Crippen molar-refractivity contribution in [2.24, 2.45) is 0 Å². The SMILES string of the molecule is CCCCCCCC/C=C/CCCCCCCCCC(=O)O[C@@H](COC(=O)CCCCCCCCCCCCCCCCCCCC)CO[C@H]1O[C@@H](CO)[C@@H](O)C(O)C1O. The third-order valence-electron chi connectivity index (χ3n) is 11.9. The standard InChI is InChI=1S/C50H94O10/c1-3-5-7-9-11-13-15-17-19-21-23-24-26-28-30-32-34-36-38-45(52)57-41-43(42-58-50-49(56)48(55)47(54)44(40-51)60-50)59-46(53)39-37-35-33-31-29-27-25-22-20-18-16-14-12-10-8-6-4-2/h18,20,43-44,47-51,54-56H,3-17,19,21-42H2,1-2H3/b20-18+/t43-,44-,47+,48?,49?,50-/m0/s1. The molecule has 1 heterocycles. The molecule has 354 valence electrons. The fourth-order valence-electron chi connectivity index (χ4n) is 7.89. The summed E-state index contributed by atoms with van der Waals surface area (Å²) in [6, 6.07) is 0. The third kappa shape index (κ3) is 32.2. The van der Waals surface area contributed by atoms with Crippen LogP contribution < -0.4 is 0 Å². The molecule has 0 spiro atoms. The molecule has 0 saturated carbocycles. The molecule has 1 saturated heterocycles. The van der Waals surface area contributed by atoms with Crippen LogP contribution >= 0.6 is 0 Å². The lowest BCUT2D eigenvalue weighted by Gasteiger charge is -2.39. The first-order chi connectivity index (χ1) is 29.3. The minimum Gasteiger partial charge on any atom is -0.462 e. The van der Waals surface area contributed by atoms with Crippen LogP contribution in [-0.2, 0) is 28.5 Å². The number of allylic oxidation sites excluding steroid dienone is 2. The highest BCUT2D eigenvalue weighted by Crippen LogP contribution is 2.23. The summed E-state index contributed by atoms with van der Waals surface area (Å²) in [5.41, 5.74) is 0. The lowest BCUT2D eigenvalue weighted by molar-refractivity contribution is -0.305. The first-order valence-corrected chi connectivity index (χ1v) is 25.3. The minimum atomic E-state index is -1.59. The van der Waals surface area contributed by atoms with E-state index in [-0.39, 0.29) is 32.0 Å². The molecule has 0 aromatic carbocycles. The van der Waals surface area contributed by atoms with Crippen molar-refractivity contribution in [3.05, 3.63) is 12.2 Å². The summed E-state index contributed by atoms with van der Waals surface area (Å²) in [7, 11) is 0. The maximum absolute atomic E-state index is 12.8. The normalized spacial score (nSPS) is 19.9. The van der Waals surface area contributed by atoms with Crippen molar-refractivity contribution in [3.63, 3.8) is 0 Å². The number of carbonyl (C=O) groups excluding carboxylic acids is 2. The maximum atomic E-state index is 12.8. The molecule has 1 aliphatic rings. The Hall–Kier alpha value is -1.56. The number of hydrogen-bond donors (Lipinski definition) is 4. The van der Waals surface area contributed by atoms with E-state index in [0.717, 1.165) is 44.9 Å². The molecule has 10 heteroatoms. The number of esters is 2. The molecule has 0 bridgehead atoms. The van der Waals surface area contributed by atoms with Gasteiger partial charge in [0.2, 0.25) is 0 Å². The number of carbonyl (C=O) groups is 2. The molecule has 6 atom stereocenters. The molecule has 1 fully saturated rings. The van der Waals surface area contributed by atoms with Crippen molar-refractivity contribution in [1.29, 1.82) is 0 Å². The molecule has 2 unspecified atom stereocenters. The van der Waals surface area contributed by atoms with Crippen LogP contribution in [-0.4, -0.2) is 89.0 Å². The first kappa shape index (κ1) is 56.5. The number of hydrogen-bond acceptors (Lipinski definition) is 10. The summed E-state index contributed by atoms with van der Waals surface area (Å²) in [5, 5.41) is 40.2. The molecule has 0 amide bonds. The van der Waals surface area contributed by atoms with E-state index in [9.17, 15) is 30.0 Å². The summed E-state index contributed by atoms with van der Waals surface area (Å²) in [5.74, 6) is -0.797. The second kappa shape index (κ2) is 41.5. The zero-order valence-corrected chi connectivity index (χ0v) is 38.7. The fourth-order valence-corrected chi connectivity index (χ4v) is 7.89. The van der Waals surface area contributed by atoms with Gasteiger partial charge in [0, 0.05) is 12.8 Å².